The summed E-state index contributed by atoms with van der Waals surface area (Å²) in [5.74, 6) is 0.295. The first-order chi connectivity index (χ1) is 10.0. The minimum Gasteiger partial charge on any atom is -0.465 e. The molecule has 0 bridgehead atoms. The second kappa shape index (κ2) is 6.38. The summed E-state index contributed by atoms with van der Waals surface area (Å²) in [6.07, 6.45) is 3.31. The molecular weight excluding hydrogens is 276 g/mol. The van der Waals surface area contributed by atoms with Crippen molar-refractivity contribution in [1.82, 2.24) is 10.3 Å². The lowest BCUT2D eigenvalue weighted by atomic mass is 9.91. The molecule has 1 aromatic heterocycles. The molecule has 8 heteroatoms. The van der Waals surface area contributed by atoms with Gasteiger partial charge >= 0.3 is 11.8 Å². The van der Waals surface area contributed by atoms with E-state index in [1.54, 1.807) is 6.07 Å². The molecule has 8 nitrogen and oxygen atoms in total. The third-order valence-corrected chi connectivity index (χ3v) is 3.76. The summed E-state index contributed by atoms with van der Waals surface area (Å²) in [5, 5.41) is 22.5. The Balaban J connectivity index is 2.25. The van der Waals surface area contributed by atoms with Crippen LogP contribution < -0.4 is 10.2 Å². The van der Waals surface area contributed by atoms with Gasteiger partial charge in [-0.15, -0.1) is 0 Å². The quantitative estimate of drug-likeness (QED) is 0.648. The van der Waals surface area contributed by atoms with Gasteiger partial charge in [0.25, 0.3) is 0 Å². The first-order valence-electron chi connectivity index (χ1n) is 6.84. The van der Waals surface area contributed by atoms with E-state index >= 15 is 0 Å². The Morgan fingerprint density at radius 1 is 1.62 bits per heavy atom. The number of carboxylic acid groups (broad SMARTS) is 1. The van der Waals surface area contributed by atoms with Crippen LogP contribution in [0.3, 0.4) is 0 Å². The highest BCUT2D eigenvalue weighted by Gasteiger charge is 2.30. The van der Waals surface area contributed by atoms with Gasteiger partial charge in [0.1, 0.15) is 11.9 Å². The van der Waals surface area contributed by atoms with E-state index in [0.29, 0.717) is 24.7 Å². The third kappa shape index (κ3) is 3.59. The van der Waals surface area contributed by atoms with Gasteiger partial charge in [-0.25, -0.2) is 4.79 Å². The fourth-order valence-electron chi connectivity index (χ4n) is 2.76. The van der Waals surface area contributed by atoms with E-state index < -0.39 is 11.0 Å². The first kappa shape index (κ1) is 15.0. The molecule has 1 saturated heterocycles. The van der Waals surface area contributed by atoms with Crippen molar-refractivity contribution in [3.8, 4) is 0 Å². The number of pyridine rings is 1. The van der Waals surface area contributed by atoms with Crippen molar-refractivity contribution >= 4 is 17.5 Å². The van der Waals surface area contributed by atoms with Gasteiger partial charge in [-0.1, -0.05) is 13.3 Å². The van der Waals surface area contributed by atoms with Crippen LogP contribution in [-0.2, 0) is 0 Å². The molecule has 2 rings (SSSR count). The average molecular weight is 294 g/mol. The zero-order chi connectivity index (χ0) is 15.4. The Labute approximate surface area is 121 Å². The van der Waals surface area contributed by atoms with E-state index in [-0.39, 0.29) is 11.7 Å². The number of nitro groups is 1. The molecule has 114 valence electrons. The standard InChI is InChI=1S/C13H18N4O4/c1-2-9-5-10(15-13(18)19)8-16(7-9)11-3-4-14-6-12(11)17(20)21/h3-4,6,9-10,15H,2,5,7-8H2,1H3,(H,18,19)/t9-,10+/m1/s1. The molecule has 2 atom stereocenters. The van der Waals surface area contributed by atoms with Gasteiger partial charge in [0.05, 0.1) is 4.92 Å². The number of aromatic nitrogens is 1. The van der Waals surface area contributed by atoms with Gasteiger partial charge in [0, 0.05) is 25.3 Å². The van der Waals surface area contributed by atoms with E-state index in [2.05, 4.69) is 10.3 Å². The normalized spacial score (nSPS) is 21.9. The fourth-order valence-corrected chi connectivity index (χ4v) is 2.76. The Kier molecular flexibility index (Phi) is 4.56. The summed E-state index contributed by atoms with van der Waals surface area (Å²) in [5.41, 5.74) is 0.439. The van der Waals surface area contributed by atoms with Crippen LogP contribution in [0.1, 0.15) is 19.8 Å². The SMILES string of the molecule is CC[C@@H]1C[C@H](NC(=O)O)CN(c2ccncc2[N+](=O)[O-])C1. The molecule has 1 amide bonds. The van der Waals surface area contributed by atoms with E-state index in [1.165, 1.54) is 12.4 Å². The molecule has 0 spiro atoms. The van der Waals surface area contributed by atoms with Gasteiger partial charge in [-0.2, -0.15) is 0 Å². The molecule has 1 aromatic rings. The Morgan fingerprint density at radius 2 is 2.38 bits per heavy atom. The molecule has 0 unspecified atom stereocenters. The van der Waals surface area contributed by atoms with Crippen LogP contribution in [0.4, 0.5) is 16.2 Å². The largest absolute Gasteiger partial charge is 0.465 e. The van der Waals surface area contributed by atoms with Crippen molar-refractivity contribution in [1.29, 1.82) is 0 Å². The number of hydrogen-bond acceptors (Lipinski definition) is 5. The van der Waals surface area contributed by atoms with Crippen LogP contribution in [0.2, 0.25) is 0 Å². The molecular formula is C13H18N4O4. The smallest absolute Gasteiger partial charge is 0.404 e. The van der Waals surface area contributed by atoms with Gasteiger partial charge in [-0.3, -0.25) is 15.1 Å². The van der Waals surface area contributed by atoms with E-state index in [1.807, 2.05) is 11.8 Å². The highest BCUT2D eigenvalue weighted by Crippen LogP contribution is 2.31. The third-order valence-electron chi connectivity index (χ3n) is 3.76. The molecule has 21 heavy (non-hydrogen) atoms. The number of nitrogens with zero attached hydrogens (tertiary/aromatic N) is 3. The average Bonchev–Trinajstić information content (AvgIpc) is 2.46. The monoisotopic (exact) mass is 294 g/mol. The number of amides is 1. The van der Waals surface area contributed by atoms with Crippen LogP contribution in [0.15, 0.2) is 18.5 Å². The maximum Gasteiger partial charge on any atom is 0.404 e. The molecule has 0 aliphatic carbocycles. The van der Waals surface area contributed by atoms with Gasteiger partial charge in [0.15, 0.2) is 0 Å². The van der Waals surface area contributed by atoms with Crippen LogP contribution >= 0.6 is 0 Å². The van der Waals surface area contributed by atoms with Gasteiger partial charge in [0.2, 0.25) is 0 Å². The van der Waals surface area contributed by atoms with Crippen molar-refractivity contribution in [2.45, 2.75) is 25.8 Å². The lowest BCUT2D eigenvalue weighted by Gasteiger charge is -2.38. The molecule has 2 heterocycles. The van der Waals surface area contributed by atoms with Gasteiger partial charge in [-0.05, 0) is 18.4 Å². The van der Waals surface area contributed by atoms with Crippen LogP contribution in [0.5, 0.6) is 0 Å². The number of nitrogens with one attached hydrogen (secondary N) is 1. The number of hydrogen-bond donors (Lipinski definition) is 2. The highest BCUT2D eigenvalue weighted by molar-refractivity contribution is 5.66. The minimum absolute atomic E-state index is 0.0525. The van der Waals surface area contributed by atoms with E-state index in [0.717, 1.165) is 12.8 Å². The molecule has 1 fully saturated rings. The van der Waals surface area contributed by atoms with Crippen LogP contribution in [0, 0.1) is 16.0 Å². The second-order valence-corrected chi connectivity index (χ2v) is 5.18. The molecule has 1 aliphatic rings. The van der Waals surface area contributed by atoms with Crippen molar-refractivity contribution in [2.75, 3.05) is 18.0 Å². The molecule has 2 N–H and O–H groups in total. The molecule has 0 radical (unpaired) electrons. The summed E-state index contributed by atoms with van der Waals surface area (Å²) in [7, 11) is 0. The predicted octanol–water partition coefficient (Wildman–Crippen LogP) is 1.86. The summed E-state index contributed by atoms with van der Waals surface area (Å²) in [4.78, 5) is 27.1. The fraction of sp³-hybridized carbons (Fsp3) is 0.538. The topological polar surface area (TPSA) is 109 Å². The number of rotatable bonds is 4. The Morgan fingerprint density at radius 3 is 3.00 bits per heavy atom. The summed E-state index contributed by atoms with van der Waals surface area (Å²) in [6.45, 7) is 3.14. The summed E-state index contributed by atoms with van der Waals surface area (Å²) >= 11 is 0. The second-order valence-electron chi connectivity index (χ2n) is 5.18. The van der Waals surface area contributed by atoms with E-state index in [9.17, 15) is 14.9 Å². The van der Waals surface area contributed by atoms with Crippen LogP contribution in [0.25, 0.3) is 0 Å². The van der Waals surface area contributed by atoms with Crippen molar-refractivity contribution in [3.63, 3.8) is 0 Å². The zero-order valence-corrected chi connectivity index (χ0v) is 11.7. The lowest BCUT2D eigenvalue weighted by molar-refractivity contribution is -0.384. The Hall–Kier alpha value is -2.38. The maximum atomic E-state index is 11.1. The van der Waals surface area contributed by atoms with E-state index in [4.69, 9.17) is 5.11 Å². The first-order valence-corrected chi connectivity index (χ1v) is 6.84. The highest BCUT2D eigenvalue weighted by atomic mass is 16.6. The maximum absolute atomic E-state index is 11.1. The minimum atomic E-state index is -1.07. The molecule has 0 saturated carbocycles. The van der Waals surface area contributed by atoms with Crippen molar-refractivity contribution in [3.05, 3.63) is 28.6 Å². The number of anilines is 1. The molecule has 1 aliphatic heterocycles. The van der Waals surface area contributed by atoms with Gasteiger partial charge < -0.3 is 15.3 Å². The van der Waals surface area contributed by atoms with Crippen LogP contribution in [-0.4, -0.2) is 40.2 Å². The number of carbonyl (C=O) groups is 1. The Bertz CT molecular complexity index is 537. The summed E-state index contributed by atoms with van der Waals surface area (Å²) in [6, 6.07) is 1.38. The predicted molar refractivity (Wildman–Crippen MR) is 76.5 cm³/mol. The molecule has 0 aromatic carbocycles. The summed E-state index contributed by atoms with van der Waals surface area (Å²) < 4.78 is 0. The number of piperidine rings is 1. The zero-order valence-electron chi connectivity index (χ0n) is 11.7. The van der Waals surface area contributed by atoms with Crippen molar-refractivity contribution < 1.29 is 14.8 Å². The van der Waals surface area contributed by atoms with Crippen molar-refractivity contribution in [2.24, 2.45) is 5.92 Å². The lowest BCUT2D eigenvalue weighted by Crippen LogP contribution is -2.50.